The van der Waals surface area contributed by atoms with Gasteiger partial charge in [-0.15, -0.1) is 0 Å². The number of nitrogens with two attached hydrogens (primary N) is 1. The molecule has 6 nitrogen and oxygen atoms in total. The molecule has 1 heterocycles. The first kappa shape index (κ1) is 21.7. The van der Waals surface area contributed by atoms with Gasteiger partial charge in [0.2, 0.25) is 5.88 Å². The fourth-order valence-electron chi connectivity index (χ4n) is 3.68. The number of allylic oxidation sites excluding steroid dienone is 1. The van der Waals surface area contributed by atoms with Crippen molar-refractivity contribution in [3.8, 4) is 23.3 Å². The Morgan fingerprint density at radius 3 is 2.52 bits per heavy atom. The van der Waals surface area contributed by atoms with E-state index < -0.39 is 5.92 Å². The van der Waals surface area contributed by atoms with E-state index >= 15 is 0 Å². The Balaban J connectivity index is 1.59. The van der Waals surface area contributed by atoms with E-state index in [4.69, 9.17) is 19.9 Å². The van der Waals surface area contributed by atoms with Gasteiger partial charge in [0.05, 0.1) is 12.3 Å². The molecule has 1 atom stereocenters. The van der Waals surface area contributed by atoms with Crippen LogP contribution in [0.2, 0.25) is 0 Å². The average Bonchev–Trinajstić information content (AvgIpc) is 2.82. The van der Waals surface area contributed by atoms with Crippen molar-refractivity contribution in [3.63, 3.8) is 0 Å². The zero-order valence-electron chi connectivity index (χ0n) is 17.9. The lowest BCUT2D eigenvalue weighted by atomic mass is 9.83. The van der Waals surface area contributed by atoms with Crippen LogP contribution in [0.25, 0.3) is 0 Å². The van der Waals surface area contributed by atoms with Crippen LogP contribution in [-0.2, 0) is 11.2 Å². The van der Waals surface area contributed by atoms with Gasteiger partial charge in [0.15, 0.2) is 0 Å². The molecule has 164 valence electrons. The van der Waals surface area contributed by atoms with Crippen LogP contribution in [0.15, 0.2) is 96.9 Å². The average molecular weight is 438 g/mol. The van der Waals surface area contributed by atoms with Gasteiger partial charge in [0, 0.05) is 11.6 Å². The van der Waals surface area contributed by atoms with E-state index in [9.17, 15) is 10.1 Å². The summed E-state index contributed by atoms with van der Waals surface area (Å²) in [4.78, 5) is 12.3. The summed E-state index contributed by atoms with van der Waals surface area (Å²) in [7, 11) is 0. The van der Waals surface area contributed by atoms with E-state index in [0.717, 1.165) is 16.7 Å². The number of hydrogen-bond acceptors (Lipinski definition) is 6. The van der Waals surface area contributed by atoms with Gasteiger partial charge in [-0.05, 0) is 29.3 Å². The number of nitriles is 1. The number of carbonyl (C=O) groups is 1. The van der Waals surface area contributed by atoms with Crippen LogP contribution in [-0.4, -0.2) is 12.6 Å². The van der Waals surface area contributed by atoms with E-state index in [0.29, 0.717) is 29.4 Å². The molecule has 0 spiro atoms. The highest BCUT2D eigenvalue weighted by molar-refractivity contribution is 5.75. The summed E-state index contributed by atoms with van der Waals surface area (Å²) in [6, 6.07) is 24.1. The molecule has 6 heteroatoms. The quantitative estimate of drug-likeness (QED) is 0.329. The summed E-state index contributed by atoms with van der Waals surface area (Å²) in [6.07, 6.45) is 1.83. The third kappa shape index (κ3) is 4.89. The fourth-order valence-corrected chi connectivity index (χ4v) is 3.68. The largest absolute Gasteiger partial charge is 0.490 e. The highest BCUT2D eigenvalue weighted by Crippen LogP contribution is 2.43. The normalized spacial score (nSPS) is 14.5. The van der Waals surface area contributed by atoms with Gasteiger partial charge in [-0.2, -0.15) is 5.26 Å². The van der Waals surface area contributed by atoms with Gasteiger partial charge in [-0.3, -0.25) is 4.79 Å². The van der Waals surface area contributed by atoms with Gasteiger partial charge in [-0.25, -0.2) is 0 Å². The van der Waals surface area contributed by atoms with Crippen molar-refractivity contribution < 1.29 is 19.0 Å². The van der Waals surface area contributed by atoms with Crippen LogP contribution >= 0.6 is 0 Å². The monoisotopic (exact) mass is 438 g/mol. The molecule has 1 aliphatic rings. The molecule has 4 rings (SSSR count). The lowest BCUT2D eigenvalue weighted by molar-refractivity contribution is -0.133. The Hall–Kier alpha value is -4.50. The second kappa shape index (κ2) is 9.75. The minimum absolute atomic E-state index is 0.0229. The van der Waals surface area contributed by atoms with Crippen LogP contribution in [0.4, 0.5) is 0 Å². The third-order valence-corrected chi connectivity index (χ3v) is 5.19. The van der Waals surface area contributed by atoms with Crippen LogP contribution in [0, 0.1) is 11.3 Å². The smallest absolute Gasteiger partial charge is 0.315 e. The summed E-state index contributed by atoms with van der Waals surface area (Å²) in [6.45, 7) is 4.04. The first-order chi connectivity index (χ1) is 16.1. The summed E-state index contributed by atoms with van der Waals surface area (Å²) >= 11 is 0. The van der Waals surface area contributed by atoms with E-state index in [1.165, 1.54) is 0 Å². The standard InChI is InChI=1S/C27H22N2O4/c1-2-14-31-20-10-8-19(9-11-20)26-22-13-12-21(16-24(22)33-27(29)23(26)17-28)32-25(30)15-18-6-4-3-5-7-18/h2-13,16,26H,1,14-15,29H2. The molecular formula is C27H22N2O4. The molecule has 0 amide bonds. The molecule has 2 N–H and O–H groups in total. The van der Waals surface area contributed by atoms with Crippen molar-refractivity contribution in [3.05, 3.63) is 114 Å². The Kier molecular flexibility index (Phi) is 6.42. The zero-order chi connectivity index (χ0) is 23.2. The van der Waals surface area contributed by atoms with Crippen LogP contribution in [0.3, 0.4) is 0 Å². The second-order valence-electron chi connectivity index (χ2n) is 7.43. The maximum absolute atomic E-state index is 12.3. The minimum Gasteiger partial charge on any atom is -0.490 e. The van der Waals surface area contributed by atoms with Crippen LogP contribution in [0.1, 0.15) is 22.6 Å². The maximum Gasteiger partial charge on any atom is 0.315 e. The summed E-state index contributed by atoms with van der Waals surface area (Å²) in [5.74, 6) is 0.700. The summed E-state index contributed by atoms with van der Waals surface area (Å²) in [5, 5.41) is 9.73. The molecule has 1 aliphatic heterocycles. The predicted octanol–water partition coefficient (Wildman–Crippen LogP) is 4.62. The van der Waals surface area contributed by atoms with Crippen molar-refractivity contribution >= 4 is 5.97 Å². The number of esters is 1. The maximum atomic E-state index is 12.3. The molecule has 1 unspecified atom stereocenters. The van der Waals surface area contributed by atoms with Crippen molar-refractivity contribution in [2.45, 2.75) is 12.3 Å². The number of rotatable bonds is 7. The minimum atomic E-state index is -0.415. The molecule has 0 fully saturated rings. The van der Waals surface area contributed by atoms with Gasteiger partial charge in [0.1, 0.15) is 35.5 Å². The number of fused-ring (bicyclic) bond motifs is 1. The van der Waals surface area contributed by atoms with Gasteiger partial charge < -0.3 is 19.9 Å². The lowest BCUT2D eigenvalue weighted by Gasteiger charge is -2.26. The highest BCUT2D eigenvalue weighted by atomic mass is 16.5. The Morgan fingerprint density at radius 1 is 1.09 bits per heavy atom. The van der Waals surface area contributed by atoms with Gasteiger partial charge in [0.25, 0.3) is 0 Å². The highest BCUT2D eigenvalue weighted by Gasteiger charge is 2.31. The third-order valence-electron chi connectivity index (χ3n) is 5.19. The van der Waals surface area contributed by atoms with E-state index in [-0.39, 0.29) is 18.3 Å². The molecule has 0 saturated carbocycles. The Labute approximate surface area is 192 Å². The molecule has 0 aromatic heterocycles. The predicted molar refractivity (Wildman–Crippen MR) is 124 cm³/mol. The first-order valence-electron chi connectivity index (χ1n) is 10.4. The number of ether oxygens (including phenoxy) is 3. The zero-order valence-corrected chi connectivity index (χ0v) is 17.9. The molecule has 3 aromatic rings. The molecule has 33 heavy (non-hydrogen) atoms. The van der Waals surface area contributed by atoms with Gasteiger partial charge >= 0.3 is 5.97 Å². The van der Waals surface area contributed by atoms with E-state index in [2.05, 4.69) is 12.6 Å². The molecule has 0 saturated heterocycles. The molecular weight excluding hydrogens is 416 g/mol. The summed E-state index contributed by atoms with van der Waals surface area (Å²) in [5.41, 5.74) is 8.87. The fraction of sp³-hybridized carbons (Fsp3) is 0.111. The number of nitrogens with zero attached hydrogens (tertiary/aromatic N) is 1. The van der Waals surface area contributed by atoms with Crippen molar-refractivity contribution in [1.82, 2.24) is 0 Å². The summed E-state index contributed by atoms with van der Waals surface area (Å²) < 4.78 is 16.8. The number of hydrogen-bond donors (Lipinski definition) is 1. The molecule has 0 radical (unpaired) electrons. The van der Waals surface area contributed by atoms with Crippen molar-refractivity contribution in [2.24, 2.45) is 5.73 Å². The number of benzene rings is 3. The van der Waals surface area contributed by atoms with E-state index in [1.54, 1.807) is 24.3 Å². The second-order valence-corrected chi connectivity index (χ2v) is 7.43. The first-order valence-corrected chi connectivity index (χ1v) is 10.4. The Bertz CT molecular complexity index is 1240. The molecule has 0 aliphatic carbocycles. The van der Waals surface area contributed by atoms with E-state index in [1.807, 2.05) is 54.6 Å². The van der Waals surface area contributed by atoms with Crippen molar-refractivity contribution in [1.29, 1.82) is 5.26 Å². The molecule has 3 aromatic carbocycles. The topological polar surface area (TPSA) is 94.6 Å². The van der Waals surface area contributed by atoms with Gasteiger partial charge in [-0.1, -0.05) is 61.2 Å². The van der Waals surface area contributed by atoms with Crippen molar-refractivity contribution in [2.75, 3.05) is 6.61 Å². The Morgan fingerprint density at radius 2 is 1.82 bits per heavy atom. The van der Waals surface area contributed by atoms with Crippen LogP contribution in [0.5, 0.6) is 17.2 Å². The number of carbonyl (C=O) groups excluding carboxylic acids is 1. The van der Waals surface area contributed by atoms with Crippen LogP contribution < -0.4 is 19.9 Å². The molecule has 0 bridgehead atoms. The SMILES string of the molecule is C=CCOc1ccc(C2C(C#N)=C(N)Oc3cc(OC(=O)Cc4ccccc4)ccc32)cc1. The lowest BCUT2D eigenvalue weighted by Crippen LogP contribution is -2.21.